The minimum atomic E-state index is -0.658. The highest BCUT2D eigenvalue weighted by molar-refractivity contribution is 6.06. The Labute approximate surface area is 152 Å². The summed E-state index contributed by atoms with van der Waals surface area (Å²) >= 11 is 0. The third kappa shape index (κ3) is 2.52. The van der Waals surface area contributed by atoms with E-state index in [1.807, 2.05) is 37.3 Å². The van der Waals surface area contributed by atoms with Crippen LogP contribution < -0.4 is 0 Å². The summed E-state index contributed by atoms with van der Waals surface area (Å²) in [4.78, 5) is 33.4. The summed E-state index contributed by atoms with van der Waals surface area (Å²) < 4.78 is 5.77. The zero-order chi connectivity index (χ0) is 18.3. The van der Waals surface area contributed by atoms with E-state index in [0.717, 1.165) is 37.7 Å². The van der Waals surface area contributed by atoms with Gasteiger partial charge in [0.1, 0.15) is 17.0 Å². The van der Waals surface area contributed by atoms with Crippen LogP contribution in [0.3, 0.4) is 0 Å². The molecule has 1 saturated heterocycles. The molecule has 2 aromatic rings. The molecule has 1 aliphatic carbocycles. The zero-order valence-electron chi connectivity index (χ0n) is 15.2. The van der Waals surface area contributed by atoms with Gasteiger partial charge in [-0.05, 0) is 31.9 Å². The van der Waals surface area contributed by atoms with E-state index < -0.39 is 5.54 Å². The Morgan fingerprint density at radius 3 is 2.50 bits per heavy atom. The molecule has 2 aliphatic rings. The lowest BCUT2D eigenvalue weighted by atomic mass is 9.81. The number of oxazole rings is 1. The van der Waals surface area contributed by atoms with Crippen LogP contribution >= 0.6 is 0 Å². The van der Waals surface area contributed by atoms with Crippen molar-refractivity contribution >= 4 is 11.9 Å². The maximum atomic E-state index is 13.1. The van der Waals surface area contributed by atoms with Crippen molar-refractivity contribution in [3.8, 4) is 11.5 Å². The molecule has 1 aliphatic heterocycles. The highest BCUT2D eigenvalue weighted by atomic mass is 16.4. The first-order chi connectivity index (χ1) is 12.5. The lowest BCUT2D eigenvalue weighted by Crippen LogP contribution is -2.49. The number of imide groups is 1. The van der Waals surface area contributed by atoms with E-state index in [1.54, 1.807) is 11.9 Å². The molecule has 0 bridgehead atoms. The number of aromatic nitrogens is 1. The summed E-state index contributed by atoms with van der Waals surface area (Å²) in [5, 5.41) is 0. The molecule has 4 rings (SSSR count). The van der Waals surface area contributed by atoms with Gasteiger partial charge in [-0.2, -0.15) is 0 Å². The third-order valence-corrected chi connectivity index (χ3v) is 5.71. The molecule has 136 valence electrons. The Bertz CT molecular complexity index is 837. The number of hydrogen-bond donors (Lipinski definition) is 0. The summed E-state index contributed by atoms with van der Waals surface area (Å²) in [5.74, 6) is 1.06. The second-order valence-corrected chi connectivity index (χ2v) is 7.21. The Morgan fingerprint density at radius 2 is 1.81 bits per heavy atom. The molecule has 0 unspecified atom stereocenters. The molecule has 26 heavy (non-hydrogen) atoms. The topological polar surface area (TPSA) is 66.7 Å². The van der Waals surface area contributed by atoms with Crippen LogP contribution in [0.25, 0.3) is 11.5 Å². The predicted octanol–water partition coefficient (Wildman–Crippen LogP) is 3.75. The van der Waals surface area contributed by atoms with Crippen molar-refractivity contribution in [1.82, 2.24) is 14.8 Å². The smallest absolute Gasteiger partial charge is 0.327 e. The first-order valence-corrected chi connectivity index (χ1v) is 9.14. The number of aryl methyl sites for hydroxylation is 1. The van der Waals surface area contributed by atoms with Crippen LogP contribution in [0.5, 0.6) is 0 Å². The van der Waals surface area contributed by atoms with Gasteiger partial charge in [0.15, 0.2) is 0 Å². The van der Waals surface area contributed by atoms with E-state index in [2.05, 4.69) is 4.98 Å². The molecular weight excluding hydrogens is 330 g/mol. The first-order valence-electron chi connectivity index (χ1n) is 9.14. The second kappa shape index (κ2) is 6.27. The van der Waals surface area contributed by atoms with E-state index in [0.29, 0.717) is 17.3 Å². The van der Waals surface area contributed by atoms with Crippen molar-refractivity contribution in [2.45, 2.75) is 51.1 Å². The SMILES string of the molecule is Cc1oc(-c2ccccc2)nc1CN1C(=O)N(C)C2(CCCCC2)C1=O. The van der Waals surface area contributed by atoms with Crippen molar-refractivity contribution < 1.29 is 14.0 Å². The largest absolute Gasteiger partial charge is 0.441 e. The predicted molar refractivity (Wildman–Crippen MR) is 96.2 cm³/mol. The van der Waals surface area contributed by atoms with Crippen LogP contribution in [0.4, 0.5) is 4.79 Å². The number of rotatable bonds is 3. The summed E-state index contributed by atoms with van der Waals surface area (Å²) in [6.07, 6.45) is 4.59. The van der Waals surface area contributed by atoms with Crippen LogP contribution in [0.1, 0.15) is 43.6 Å². The monoisotopic (exact) mass is 353 g/mol. The fraction of sp³-hybridized carbons (Fsp3) is 0.450. The Balaban J connectivity index is 1.61. The molecule has 0 radical (unpaired) electrons. The van der Waals surface area contributed by atoms with Gasteiger partial charge in [0, 0.05) is 12.6 Å². The number of amides is 3. The lowest BCUT2D eigenvalue weighted by Gasteiger charge is -2.35. The van der Waals surface area contributed by atoms with Gasteiger partial charge in [-0.15, -0.1) is 0 Å². The molecule has 1 aromatic carbocycles. The Hall–Kier alpha value is -2.63. The van der Waals surface area contributed by atoms with Gasteiger partial charge in [-0.1, -0.05) is 37.5 Å². The molecule has 6 heteroatoms. The molecule has 1 spiro atoms. The number of hydrogen-bond acceptors (Lipinski definition) is 4. The number of carbonyl (C=O) groups is 2. The van der Waals surface area contributed by atoms with Crippen LogP contribution in [0.15, 0.2) is 34.7 Å². The summed E-state index contributed by atoms with van der Waals surface area (Å²) in [7, 11) is 1.75. The Morgan fingerprint density at radius 1 is 1.12 bits per heavy atom. The molecule has 0 N–H and O–H groups in total. The van der Waals surface area contributed by atoms with Gasteiger partial charge in [-0.3, -0.25) is 9.69 Å². The van der Waals surface area contributed by atoms with E-state index in [9.17, 15) is 9.59 Å². The fourth-order valence-electron chi connectivity index (χ4n) is 4.10. The van der Waals surface area contributed by atoms with Crippen LogP contribution in [0, 0.1) is 6.92 Å². The van der Waals surface area contributed by atoms with Gasteiger partial charge in [0.05, 0.1) is 6.54 Å². The van der Waals surface area contributed by atoms with Crippen molar-refractivity contribution in [1.29, 1.82) is 0 Å². The van der Waals surface area contributed by atoms with Gasteiger partial charge in [0.2, 0.25) is 5.89 Å². The normalized spacial score (nSPS) is 19.6. The number of carbonyl (C=O) groups excluding carboxylic acids is 2. The van der Waals surface area contributed by atoms with Crippen molar-refractivity contribution in [3.05, 3.63) is 41.8 Å². The molecule has 1 aromatic heterocycles. The molecule has 0 atom stereocenters. The van der Waals surface area contributed by atoms with Gasteiger partial charge in [0.25, 0.3) is 5.91 Å². The zero-order valence-corrected chi connectivity index (χ0v) is 15.2. The van der Waals surface area contributed by atoms with Gasteiger partial charge < -0.3 is 9.32 Å². The quantitative estimate of drug-likeness (QED) is 0.788. The Kier molecular flexibility index (Phi) is 4.05. The molecular formula is C20H23N3O3. The van der Waals surface area contributed by atoms with Crippen LogP contribution in [-0.2, 0) is 11.3 Å². The number of benzene rings is 1. The maximum Gasteiger partial charge on any atom is 0.327 e. The summed E-state index contributed by atoms with van der Waals surface area (Å²) in [6.45, 7) is 1.98. The van der Waals surface area contributed by atoms with Crippen molar-refractivity contribution in [2.75, 3.05) is 7.05 Å². The van der Waals surface area contributed by atoms with E-state index >= 15 is 0 Å². The minimum absolute atomic E-state index is 0.0895. The standard InChI is InChI=1S/C20H23N3O3/c1-14-16(21-17(26-14)15-9-5-3-6-10-15)13-23-18(24)20(22(2)19(23)25)11-7-4-8-12-20/h3,5-6,9-10H,4,7-8,11-13H2,1-2H3. The fourth-order valence-corrected chi connectivity index (χ4v) is 4.10. The first kappa shape index (κ1) is 16.8. The van der Waals surface area contributed by atoms with Gasteiger partial charge >= 0.3 is 6.03 Å². The highest BCUT2D eigenvalue weighted by Gasteiger charge is 2.55. The van der Waals surface area contributed by atoms with Crippen LogP contribution in [0.2, 0.25) is 0 Å². The van der Waals surface area contributed by atoms with E-state index in [4.69, 9.17) is 4.42 Å². The average Bonchev–Trinajstić information content (AvgIpc) is 3.12. The lowest BCUT2D eigenvalue weighted by molar-refractivity contribution is -0.134. The van der Waals surface area contributed by atoms with Crippen LogP contribution in [-0.4, -0.2) is 39.3 Å². The second-order valence-electron chi connectivity index (χ2n) is 7.21. The van der Waals surface area contributed by atoms with Crippen molar-refractivity contribution in [3.63, 3.8) is 0 Å². The van der Waals surface area contributed by atoms with Gasteiger partial charge in [-0.25, -0.2) is 9.78 Å². The molecule has 6 nitrogen and oxygen atoms in total. The summed E-state index contributed by atoms with van der Waals surface area (Å²) in [6, 6.07) is 9.38. The van der Waals surface area contributed by atoms with Crippen molar-refractivity contribution in [2.24, 2.45) is 0 Å². The molecule has 2 heterocycles. The maximum absolute atomic E-state index is 13.1. The summed E-state index contributed by atoms with van der Waals surface area (Å²) in [5.41, 5.74) is 0.850. The molecule has 2 fully saturated rings. The van der Waals surface area contributed by atoms with E-state index in [-0.39, 0.29) is 18.5 Å². The molecule has 1 saturated carbocycles. The number of nitrogens with zero attached hydrogens (tertiary/aromatic N) is 3. The molecule has 3 amide bonds. The minimum Gasteiger partial charge on any atom is -0.441 e. The number of urea groups is 1. The third-order valence-electron chi connectivity index (χ3n) is 5.71. The average molecular weight is 353 g/mol. The number of likely N-dealkylation sites (N-methyl/N-ethyl adjacent to an activating group) is 1. The highest BCUT2D eigenvalue weighted by Crippen LogP contribution is 2.40. The van der Waals surface area contributed by atoms with E-state index in [1.165, 1.54) is 4.90 Å².